The molecule has 2 N–H and O–H groups in total. The lowest BCUT2D eigenvalue weighted by Gasteiger charge is -2.07. The Morgan fingerprint density at radius 3 is 3.07 bits per heavy atom. The summed E-state index contributed by atoms with van der Waals surface area (Å²) in [6.45, 7) is 0. The van der Waals surface area contributed by atoms with Gasteiger partial charge in [-0.05, 0) is 22.4 Å². The van der Waals surface area contributed by atoms with Crippen molar-refractivity contribution in [2.45, 2.75) is 18.9 Å². The zero-order valence-electron chi connectivity index (χ0n) is 7.62. The Kier molecular flexibility index (Phi) is 3.01. The quantitative estimate of drug-likeness (QED) is 0.857. The van der Waals surface area contributed by atoms with Crippen molar-refractivity contribution in [3.8, 4) is 0 Å². The molecule has 1 unspecified atom stereocenters. The Labute approximate surface area is 98.4 Å². The van der Waals surface area contributed by atoms with Crippen molar-refractivity contribution < 1.29 is 9.59 Å². The molecule has 7 heteroatoms. The first-order valence-electron chi connectivity index (χ1n) is 4.37. The number of anilines is 1. The molecule has 2 rings (SSSR count). The number of carbonyl (C=O) groups excluding carboxylic acids is 2. The molecule has 15 heavy (non-hydrogen) atoms. The van der Waals surface area contributed by atoms with E-state index in [2.05, 4.69) is 31.5 Å². The van der Waals surface area contributed by atoms with Gasteiger partial charge in [-0.15, -0.1) is 0 Å². The van der Waals surface area contributed by atoms with Gasteiger partial charge >= 0.3 is 0 Å². The highest BCUT2D eigenvalue weighted by molar-refractivity contribution is 9.11. The normalized spacial score (nSPS) is 20.1. The number of amides is 2. The number of rotatable bonds is 2. The van der Waals surface area contributed by atoms with Gasteiger partial charge in [0.15, 0.2) is 5.13 Å². The predicted molar refractivity (Wildman–Crippen MR) is 59.6 cm³/mol. The van der Waals surface area contributed by atoms with Gasteiger partial charge < -0.3 is 10.6 Å². The molecule has 80 valence electrons. The summed E-state index contributed by atoms with van der Waals surface area (Å²) in [7, 11) is 0. The smallest absolute Gasteiger partial charge is 0.248 e. The number of nitrogens with zero attached hydrogens (tertiary/aromatic N) is 1. The molecule has 0 aliphatic carbocycles. The molecule has 1 aliphatic heterocycles. The van der Waals surface area contributed by atoms with E-state index in [9.17, 15) is 9.59 Å². The lowest BCUT2D eigenvalue weighted by Crippen LogP contribution is -2.37. The van der Waals surface area contributed by atoms with Gasteiger partial charge in [0.05, 0.1) is 9.98 Å². The molecule has 1 fully saturated rings. The summed E-state index contributed by atoms with van der Waals surface area (Å²) in [5, 5.41) is 5.78. The number of halogens is 1. The number of hydrogen-bond acceptors (Lipinski definition) is 4. The van der Waals surface area contributed by atoms with E-state index in [0.717, 1.165) is 3.79 Å². The fourth-order valence-electron chi connectivity index (χ4n) is 1.32. The summed E-state index contributed by atoms with van der Waals surface area (Å²) in [5.41, 5.74) is 0. The van der Waals surface area contributed by atoms with Gasteiger partial charge in [-0.25, -0.2) is 4.98 Å². The first-order chi connectivity index (χ1) is 7.15. The summed E-state index contributed by atoms with van der Waals surface area (Å²) >= 11 is 4.59. The van der Waals surface area contributed by atoms with Gasteiger partial charge in [-0.3, -0.25) is 9.59 Å². The number of thiazole rings is 1. The maximum absolute atomic E-state index is 11.6. The summed E-state index contributed by atoms with van der Waals surface area (Å²) in [6.07, 6.45) is 2.59. The third-order valence-electron chi connectivity index (χ3n) is 2.02. The Morgan fingerprint density at radius 1 is 1.73 bits per heavy atom. The number of carbonyl (C=O) groups is 2. The van der Waals surface area contributed by atoms with Gasteiger partial charge in [0.2, 0.25) is 11.8 Å². The summed E-state index contributed by atoms with van der Waals surface area (Å²) in [6, 6.07) is -0.417. The predicted octanol–water partition coefficient (Wildman–Crippen LogP) is 1.12. The molecular weight excluding hydrogens is 282 g/mol. The van der Waals surface area contributed by atoms with E-state index in [1.165, 1.54) is 11.3 Å². The van der Waals surface area contributed by atoms with Crippen LogP contribution in [0.5, 0.6) is 0 Å². The summed E-state index contributed by atoms with van der Waals surface area (Å²) in [5.74, 6) is -0.279. The molecule has 0 radical (unpaired) electrons. The molecule has 2 heterocycles. The lowest BCUT2D eigenvalue weighted by molar-refractivity contribution is -0.122. The Bertz CT molecular complexity index is 406. The van der Waals surface area contributed by atoms with Gasteiger partial charge in [0, 0.05) is 6.42 Å². The minimum atomic E-state index is -0.417. The molecule has 1 saturated heterocycles. The molecule has 0 aromatic carbocycles. The summed E-state index contributed by atoms with van der Waals surface area (Å²) in [4.78, 5) is 26.5. The highest BCUT2D eigenvalue weighted by atomic mass is 79.9. The maximum Gasteiger partial charge on any atom is 0.248 e. The fraction of sp³-hybridized carbons (Fsp3) is 0.375. The van der Waals surface area contributed by atoms with Crippen LogP contribution >= 0.6 is 27.3 Å². The van der Waals surface area contributed by atoms with E-state index < -0.39 is 6.04 Å². The van der Waals surface area contributed by atoms with Crippen LogP contribution in [-0.2, 0) is 9.59 Å². The molecular formula is C8H8BrN3O2S. The third kappa shape index (κ3) is 2.54. The highest BCUT2D eigenvalue weighted by Gasteiger charge is 2.27. The van der Waals surface area contributed by atoms with Gasteiger partial charge in [-0.1, -0.05) is 11.3 Å². The van der Waals surface area contributed by atoms with Gasteiger partial charge in [0.25, 0.3) is 0 Å². The van der Waals surface area contributed by atoms with Crippen molar-refractivity contribution in [1.29, 1.82) is 0 Å². The van der Waals surface area contributed by atoms with Crippen molar-refractivity contribution in [3.63, 3.8) is 0 Å². The van der Waals surface area contributed by atoms with Crippen molar-refractivity contribution in [2.75, 3.05) is 5.32 Å². The van der Waals surface area contributed by atoms with Crippen LogP contribution in [0.2, 0.25) is 0 Å². The first kappa shape index (κ1) is 10.6. The molecule has 0 saturated carbocycles. The van der Waals surface area contributed by atoms with Gasteiger partial charge in [0.1, 0.15) is 6.04 Å². The Balaban J connectivity index is 1.95. The molecule has 0 spiro atoms. The lowest BCUT2D eigenvalue weighted by atomic mass is 10.2. The Hall–Kier alpha value is -0.950. The SMILES string of the molecule is O=C1CCC(C(=O)Nc2ncc(Br)s2)N1. The van der Waals surface area contributed by atoms with Crippen LogP contribution in [0.3, 0.4) is 0 Å². The molecule has 1 aromatic heterocycles. The molecule has 1 atom stereocenters. The second kappa shape index (κ2) is 4.28. The van der Waals surface area contributed by atoms with E-state index in [4.69, 9.17) is 0 Å². The number of hydrogen-bond donors (Lipinski definition) is 2. The van der Waals surface area contributed by atoms with Crippen LogP contribution in [0.1, 0.15) is 12.8 Å². The summed E-state index contributed by atoms with van der Waals surface area (Å²) < 4.78 is 0.855. The van der Waals surface area contributed by atoms with Crippen LogP contribution < -0.4 is 10.6 Å². The van der Waals surface area contributed by atoms with Gasteiger partial charge in [-0.2, -0.15) is 0 Å². The molecule has 1 aromatic rings. The van der Waals surface area contributed by atoms with E-state index in [1.807, 2.05) is 0 Å². The monoisotopic (exact) mass is 289 g/mol. The van der Waals surface area contributed by atoms with E-state index in [1.54, 1.807) is 6.20 Å². The Morgan fingerprint density at radius 2 is 2.53 bits per heavy atom. The second-order valence-electron chi connectivity index (χ2n) is 3.12. The van der Waals surface area contributed by atoms with Crippen molar-refractivity contribution in [1.82, 2.24) is 10.3 Å². The zero-order chi connectivity index (χ0) is 10.8. The first-order valence-corrected chi connectivity index (χ1v) is 5.97. The minimum Gasteiger partial charge on any atom is -0.344 e. The maximum atomic E-state index is 11.6. The average molecular weight is 290 g/mol. The van der Waals surface area contributed by atoms with E-state index in [0.29, 0.717) is 18.0 Å². The van der Waals surface area contributed by atoms with Crippen molar-refractivity contribution in [3.05, 3.63) is 9.98 Å². The highest BCUT2D eigenvalue weighted by Crippen LogP contribution is 2.23. The minimum absolute atomic E-state index is 0.0736. The van der Waals surface area contributed by atoms with Crippen molar-refractivity contribution >= 4 is 44.2 Å². The third-order valence-corrected chi connectivity index (χ3v) is 3.41. The largest absolute Gasteiger partial charge is 0.344 e. The second-order valence-corrected chi connectivity index (χ2v) is 5.53. The standard InChI is InChI=1S/C8H8BrN3O2S/c9-5-3-10-8(15-5)12-7(14)4-1-2-6(13)11-4/h3-4H,1-2H2,(H,11,13)(H,10,12,14). The zero-order valence-corrected chi connectivity index (χ0v) is 10.0. The van der Waals surface area contributed by atoms with E-state index in [-0.39, 0.29) is 11.8 Å². The van der Waals surface area contributed by atoms with Crippen LogP contribution in [0.25, 0.3) is 0 Å². The average Bonchev–Trinajstić information content (AvgIpc) is 2.75. The van der Waals surface area contributed by atoms with Crippen LogP contribution in [0.15, 0.2) is 9.98 Å². The van der Waals surface area contributed by atoms with Crippen molar-refractivity contribution in [2.24, 2.45) is 0 Å². The van der Waals surface area contributed by atoms with Crippen LogP contribution in [-0.4, -0.2) is 22.8 Å². The van der Waals surface area contributed by atoms with E-state index >= 15 is 0 Å². The van der Waals surface area contributed by atoms with Crippen LogP contribution in [0, 0.1) is 0 Å². The molecule has 0 bridgehead atoms. The topological polar surface area (TPSA) is 71.1 Å². The molecule has 2 amide bonds. The number of aromatic nitrogens is 1. The fourth-order valence-corrected chi connectivity index (χ4v) is 2.42. The molecule has 1 aliphatic rings. The van der Waals surface area contributed by atoms with Crippen LogP contribution in [0.4, 0.5) is 5.13 Å². The number of nitrogens with one attached hydrogen (secondary N) is 2. The molecule has 5 nitrogen and oxygen atoms in total.